The maximum Gasteiger partial charge on any atom is 0.308 e. The van der Waals surface area contributed by atoms with Crippen LogP contribution in [0.2, 0.25) is 0 Å². The molecule has 1 unspecified atom stereocenters. The highest BCUT2D eigenvalue weighted by molar-refractivity contribution is 5.92. The predicted octanol–water partition coefficient (Wildman–Crippen LogP) is 2.79. The van der Waals surface area contributed by atoms with E-state index in [1.165, 1.54) is 11.6 Å². The Kier molecular flexibility index (Phi) is 6.15. The van der Waals surface area contributed by atoms with Gasteiger partial charge in [-0.2, -0.15) is 0 Å². The number of hydrogen-bond donors (Lipinski definition) is 2. The summed E-state index contributed by atoms with van der Waals surface area (Å²) in [4.78, 5) is 22.8. The molecule has 1 atom stereocenters. The number of aryl methyl sites for hydroxylation is 2. The smallest absolute Gasteiger partial charge is 0.308 e. The Balaban J connectivity index is 2.61. The highest BCUT2D eigenvalue weighted by Gasteiger charge is 2.21. The van der Waals surface area contributed by atoms with E-state index < -0.39 is 11.9 Å². The molecule has 21 heavy (non-hydrogen) atoms. The molecule has 0 heterocycles. The van der Waals surface area contributed by atoms with Gasteiger partial charge >= 0.3 is 5.97 Å². The van der Waals surface area contributed by atoms with Gasteiger partial charge in [0.25, 0.3) is 0 Å². The number of carbonyl (C=O) groups is 2. The number of hydrogen-bond acceptors (Lipinski definition) is 2. The van der Waals surface area contributed by atoms with Gasteiger partial charge in [0.1, 0.15) is 0 Å². The summed E-state index contributed by atoms with van der Waals surface area (Å²) in [5, 5.41) is 11.7. The van der Waals surface area contributed by atoms with Crippen molar-refractivity contribution in [1.29, 1.82) is 0 Å². The zero-order valence-electron chi connectivity index (χ0n) is 13.0. The molecule has 0 aliphatic rings. The lowest BCUT2D eigenvalue weighted by Crippen LogP contribution is -2.34. The minimum atomic E-state index is -0.886. The summed E-state index contributed by atoms with van der Waals surface area (Å²) in [5.41, 5.74) is 3.26. The Labute approximate surface area is 125 Å². The van der Waals surface area contributed by atoms with Gasteiger partial charge < -0.3 is 10.4 Å². The fraction of sp³-hybridized carbons (Fsp3) is 0.412. The van der Waals surface area contributed by atoms with Crippen LogP contribution < -0.4 is 5.32 Å². The molecule has 1 rings (SSSR count). The van der Waals surface area contributed by atoms with Crippen LogP contribution in [0.3, 0.4) is 0 Å². The van der Waals surface area contributed by atoms with Gasteiger partial charge in [0.05, 0.1) is 5.92 Å². The lowest BCUT2D eigenvalue weighted by Gasteiger charge is -2.15. The molecule has 0 saturated carbocycles. The van der Waals surface area contributed by atoms with E-state index in [0.717, 1.165) is 11.1 Å². The fourth-order valence-electron chi connectivity index (χ4n) is 2.06. The first-order valence-corrected chi connectivity index (χ1v) is 7.07. The van der Waals surface area contributed by atoms with Gasteiger partial charge in [-0.1, -0.05) is 37.6 Å². The summed E-state index contributed by atoms with van der Waals surface area (Å²) in [7, 11) is 0. The predicted molar refractivity (Wildman–Crippen MR) is 83.9 cm³/mol. The Morgan fingerprint density at radius 1 is 1.29 bits per heavy atom. The average Bonchev–Trinajstić information content (AvgIpc) is 2.37. The van der Waals surface area contributed by atoms with Crippen molar-refractivity contribution >= 4 is 18.0 Å². The van der Waals surface area contributed by atoms with E-state index in [0.29, 0.717) is 0 Å². The van der Waals surface area contributed by atoms with Crippen LogP contribution in [0, 0.1) is 25.7 Å². The van der Waals surface area contributed by atoms with Crippen molar-refractivity contribution in [2.45, 2.75) is 27.7 Å². The number of rotatable bonds is 6. The lowest BCUT2D eigenvalue weighted by molar-refractivity contribution is -0.143. The summed E-state index contributed by atoms with van der Waals surface area (Å²) < 4.78 is 0. The molecule has 4 nitrogen and oxygen atoms in total. The van der Waals surface area contributed by atoms with E-state index in [9.17, 15) is 9.59 Å². The third-order valence-corrected chi connectivity index (χ3v) is 3.46. The molecule has 0 saturated heterocycles. The number of carbonyl (C=O) groups excluding carboxylic acids is 1. The lowest BCUT2D eigenvalue weighted by atomic mass is 9.96. The monoisotopic (exact) mass is 289 g/mol. The maximum absolute atomic E-state index is 11.8. The van der Waals surface area contributed by atoms with Crippen molar-refractivity contribution < 1.29 is 14.7 Å². The molecular formula is C17H23NO3. The maximum atomic E-state index is 11.8. The molecule has 0 aliphatic heterocycles. The Bertz CT molecular complexity index is 547. The van der Waals surface area contributed by atoms with Crippen LogP contribution in [0.25, 0.3) is 6.08 Å². The van der Waals surface area contributed by atoms with Gasteiger partial charge in [0.2, 0.25) is 5.91 Å². The molecule has 1 amide bonds. The first-order valence-electron chi connectivity index (χ1n) is 7.07. The van der Waals surface area contributed by atoms with Crippen LogP contribution in [0.4, 0.5) is 0 Å². The van der Waals surface area contributed by atoms with Gasteiger partial charge in [-0.05, 0) is 37.0 Å². The molecule has 1 aromatic carbocycles. The summed E-state index contributed by atoms with van der Waals surface area (Å²) in [5.74, 6) is -1.75. The van der Waals surface area contributed by atoms with Crippen molar-refractivity contribution in [3.05, 3.63) is 41.0 Å². The van der Waals surface area contributed by atoms with Crippen LogP contribution >= 0.6 is 0 Å². The molecular weight excluding hydrogens is 266 g/mol. The molecule has 2 N–H and O–H groups in total. The summed E-state index contributed by atoms with van der Waals surface area (Å²) in [6.45, 7) is 7.81. The van der Waals surface area contributed by atoms with Gasteiger partial charge in [-0.3, -0.25) is 9.59 Å². The third-order valence-electron chi connectivity index (χ3n) is 3.46. The number of benzene rings is 1. The molecule has 0 radical (unpaired) electrons. The summed E-state index contributed by atoms with van der Waals surface area (Å²) >= 11 is 0. The van der Waals surface area contributed by atoms with E-state index in [1.54, 1.807) is 6.08 Å². The standard InChI is InChI=1S/C17H23NO3/c1-11(2)15(17(20)21)10-18-16(19)8-7-14-6-5-12(3)9-13(14)4/h5-9,11,15H,10H2,1-4H3,(H,18,19)(H,20,21). The molecule has 0 fully saturated rings. The van der Waals surface area contributed by atoms with E-state index in [-0.39, 0.29) is 18.4 Å². The average molecular weight is 289 g/mol. The normalized spacial score (nSPS) is 12.6. The summed E-state index contributed by atoms with van der Waals surface area (Å²) in [6.07, 6.45) is 3.19. The van der Waals surface area contributed by atoms with Crippen molar-refractivity contribution in [3.8, 4) is 0 Å². The van der Waals surface area contributed by atoms with Gasteiger partial charge in [0.15, 0.2) is 0 Å². The number of amides is 1. The third kappa shape index (κ3) is 5.42. The van der Waals surface area contributed by atoms with Gasteiger partial charge in [-0.25, -0.2) is 0 Å². The highest BCUT2D eigenvalue weighted by atomic mass is 16.4. The number of carboxylic acid groups (broad SMARTS) is 1. The first kappa shape index (κ1) is 17.0. The minimum Gasteiger partial charge on any atom is -0.481 e. The molecule has 114 valence electrons. The Hall–Kier alpha value is -2.10. The second-order valence-electron chi connectivity index (χ2n) is 5.63. The zero-order chi connectivity index (χ0) is 16.0. The van der Waals surface area contributed by atoms with Crippen LogP contribution in [0.15, 0.2) is 24.3 Å². The van der Waals surface area contributed by atoms with E-state index in [4.69, 9.17) is 5.11 Å². The van der Waals surface area contributed by atoms with Gasteiger partial charge in [-0.15, -0.1) is 0 Å². The summed E-state index contributed by atoms with van der Waals surface area (Å²) in [6, 6.07) is 6.00. The van der Waals surface area contributed by atoms with Crippen molar-refractivity contribution in [2.75, 3.05) is 6.54 Å². The van der Waals surface area contributed by atoms with Crippen LogP contribution in [0.5, 0.6) is 0 Å². The van der Waals surface area contributed by atoms with Crippen LogP contribution in [-0.2, 0) is 9.59 Å². The quantitative estimate of drug-likeness (QED) is 0.791. The SMILES string of the molecule is Cc1ccc(C=CC(=O)NCC(C(=O)O)C(C)C)c(C)c1. The number of nitrogens with one attached hydrogen (secondary N) is 1. The molecule has 0 bridgehead atoms. The second kappa shape index (κ2) is 7.62. The van der Waals surface area contributed by atoms with Crippen LogP contribution in [0.1, 0.15) is 30.5 Å². The number of aliphatic carboxylic acids is 1. The highest BCUT2D eigenvalue weighted by Crippen LogP contribution is 2.12. The zero-order valence-corrected chi connectivity index (χ0v) is 13.0. The topological polar surface area (TPSA) is 66.4 Å². The molecule has 0 aromatic heterocycles. The van der Waals surface area contributed by atoms with Crippen molar-refractivity contribution in [3.63, 3.8) is 0 Å². The van der Waals surface area contributed by atoms with Gasteiger partial charge in [0, 0.05) is 12.6 Å². The molecule has 1 aromatic rings. The Morgan fingerprint density at radius 3 is 2.48 bits per heavy atom. The van der Waals surface area contributed by atoms with Crippen molar-refractivity contribution in [1.82, 2.24) is 5.32 Å². The molecule has 0 spiro atoms. The minimum absolute atomic E-state index is 0.0221. The second-order valence-corrected chi connectivity index (χ2v) is 5.63. The number of carboxylic acids is 1. The van der Waals surface area contributed by atoms with Crippen molar-refractivity contribution in [2.24, 2.45) is 11.8 Å². The van der Waals surface area contributed by atoms with Crippen LogP contribution in [-0.4, -0.2) is 23.5 Å². The molecule has 0 aliphatic carbocycles. The Morgan fingerprint density at radius 2 is 1.95 bits per heavy atom. The van der Waals surface area contributed by atoms with E-state index in [1.807, 2.05) is 39.8 Å². The molecule has 4 heteroatoms. The fourth-order valence-corrected chi connectivity index (χ4v) is 2.06. The van der Waals surface area contributed by atoms with E-state index in [2.05, 4.69) is 11.4 Å². The van der Waals surface area contributed by atoms with E-state index >= 15 is 0 Å². The largest absolute Gasteiger partial charge is 0.481 e. The first-order chi connectivity index (χ1) is 9.81.